The Morgan fingerprint density at radius 2 is 2.00 bits per heavy atom. The fourth-order valence-electron chi connectivity index (χ4n) is 1.13. The van der Waals surface area contributed by atoms with Crippen LogP contribution in [0.2, 0.25) is 0 Å². The van der Waals surface area contributed by atoms with Crippen molar-refractivity contribution in [2.24, 2.45) is 5.73 Å². The molecule has 1 nitrogen and oxygen atoms in total. The molecule has 0 amide bonds. The number of hydrogen-bond donors (Lipinski definition) is 1. The van der Waals surface area contributed by atoms with Gasteiger partial charge in [-0.25, -0.2) is 0 Å². The van der Waals surface area contributed by atoms with Gasteiger partial charge in [0.25, 0.3) is 0 Å². The van der Waals surface area contributed by atoms with Crippen LogP contribution in [0.3, 0.4) is 0 Å². The second-order valence-corrected chi connectivity index (χ2v) is 4.61. The molecule has 0 spiro atoms. The Balaban J connectivity index is 2.35. The van der Waals surface area contributed by atoms with Crippen molar-refractivity contribution >= 4 is 11.8 Å². The predicted molar refractivity (Wildman–Crippen MR) is 67.9 cm³/mol. The highest BCUT2D eigenvalue weighted by atomic mass is 32.2. The van der Waals surface area contributed by atoms with Crippen LogP contribution >= 0.6 is 11.8 Å². The maximum absolute atomic E-state index is 5.91. The number of hydrogen-bond acceptors (Lipinski definition) is 2. The van der Waals surface area contributed by atoms with Crippen molar-refractivity contribution in [1.82, 2.24) is 0 Å². The summed E-state index contributed by atoms with van der Waals surface area (Å²) in [5.41, 5.74) is 7.21. The van der Waals surface area contributed by atoms with Gasteiger partial charge in [0.1, 0.15) is 0 Å². The molecule has 1 atom stereocenters. The molecule has 2 heteroatoms. The van der Waals surface area contributed by atoms with Gasteiger partial charge in [-0.3, -0.25) is 0 Å². The second kappa shape index (κ2) is 6.55. The van der Waals surface area contributed by atoms with Gasteiger partial charge in [-0.2, -0.15) is 0 Å². The Bertz CT molecular complexity index is 345. The first-order valence-corrected chi connectivity index (χ1v) is 6.05. The topological polar surface area (TPSA) is 26.0 Å². The highest BCUT2D eigenvalue weighted by Crippen LogP contribution is 2.19. The lowest BCUT2D eigenvalue weighted by molar-refractivity contribution is 0.782. The Morgan fingerprint density at radius 3 is 2.60 bits per heavy atom. The maximum atomic E-state index is 5.91. The summed E-state index contributed by atoms with van der Waals surface area (Å²) < 4.78 is 0. The number of thioether (sulfide) groups is 1. The molecule has 2 N–H and O–H groups in total. The lowest BCUT2D eigenvalue weighted by Crippen LogP contribution is -2.21. The van der Waals surface area contributed by atoms with Gasteiger partial charge < -0.3 is 5.73 Å². The third-order valence-corrected chi connectivity index (χ3v) is 3.23. The average molecular weight is 219 g/mol. The second-order valence-electron chi connectivity index (χ2n) is 3.52. The highest BCUT2D eigenvalue weighted by Gasteiger charge is 2.01. The number of aryl methyl sites for hydroxylation is 1. The lowest BCUT2D eigenvalue weighted by Gasteiger charge is -2.07. The van der Waals surface area contributed by atoms with E-state index >= 15 is 0 Å². The van der Waals surface area contributed by atoms with E-state index in [0.717, 1.165) is 12.2 Å². The van der Waals surface area contributed by atoms with Crippen LogP contribution in [0.1, 0.15) is 18.9 Å². The fraction of sp³-hybridized carbons (Fsp3) is 0.385. The molecule has 0 aliphatic carbocycles. The summed E-state index contributed by atoms with van der Waals surface area (Å²) in [4.78, 5) is 1.28. The van der Waals surface area contributed by atoms with Gasteiger partial charge in [0, 0.05) is 23.1 Å². The highest BCUT2D eigenvalue weighted by molar-refractivity contribution is 7.99. The first kappa shape index (κ1) is 12.2. The first-order chi connectivity index (χ1) is 7.22. The maximum Gasteiger partial charge on any atom is 0.0249 e. The van der Waals surface area contributed by atoms with E-state index in [9.17, 15) is 0 Å². The molecule has 0 aliphatic heterocycles. The SMILES string of the molecule is CC#CCC(N)CSc1ccc(C)cc1. The lowest BCUT2D eigenvalue weighted by atomic mass is 10.2. The summed E-state index contributed by atoms with van der Waals surface area (Å²) in [6, 6.07) is 8.69. The first-order valence-electron chi connectivity index (χ1n) is 5.07. The largest absolute Gasteiger partial charge is 0.326 e. The Kier molecular flexibility index (Phi) is 5.31. The van der Waals surface area contributed by atoms with Crippen molar-refractivity contribution in [3.63, 3.8) is 0 Å². The van der Waals surface area contributed by atoms with Crippen LogP contribution in [-0.2, 0) is 0 Å². The monoisotopic (exact) mass is 219 g/mol. The van der Waals surface area contributed by atoms with Crippen molar-refractivity contribution in [3.05, 3.63) is 29.8 Å². The third kappa shape index (κ3) is 4.92. The standard InChI is InChI=1S/C13H17NS/c1-3-4-5-12(14)10-15-13-8-6-11(2)7-9-13/h6-9,12H,5,10,14H2,1-2H3. The van der Waals surface area contributed by atoms with E-state index in [-0.39, 0.29) is 6.04 Å². The fourth-order valence-corrected chi connectivity index (χ4v) is 1.98. The summed E-state index contributed by atoms with van der Waals surface area (Å²) in [6.45, 7) is 3.94. The quantitative estimate of drug-likeness (QED) is 0.622. The minimum Gasteiger partial charge on any atom is -0.326 e. The molecule has 1 rings (SSSR count). The molecular formula is C13H17NS. The Morgan fingerprint density at radius 1 is 1.33 bits per heavy atom. The summed E-state index contributed by atoms with van der Waals surface area (Å²) in [7, 11) is 0. The van der Waals surface area contributed by atoms with E-state index in [4.69, 9.17) is 5.73 Å². The van der Waals surface area contributed by atoms with Crippen molar-refractivity contribution < 1.29 is 0 Å². The summed E-state index contributed by atoms with van der Waals surface area (Å²) in [6.07, 6.45) is 0.787. The smallest absolute Gasteiger partial charge is 0.0249 e. The van der Waals surface area contributed by atoms with Gasteiger partial charge in [0.2, 0.25) is 0 Å². The van der Waals surface area contributed by atoms with Crippen molar-refractivity contribution in [2.75, 3.05) is 5.75 Å². The molecule has 1 aromatic rings. The third-order valence-electron chi connectivity index (χ3n) is 2.03. The molecule has 1 aromatic carbocycles. The summed E-state index contributed by atoms with van der Waals surface area (Å²) in [5.74, 6) is 6.80. The van der Waals surface area contributed by atoms with Crippen LogP contribution in [0.25, 0.3) is 0 Å². The summed E-state index contributed by atoms with van der Waals surface area (Å²) >= 11 is 1.79. The molecule has 1 unspecified atom stereocenters. The van der Waals surface area contributed by atoms with Gasteiger partial charge in [0.05, 0.1) is 0 Å². The van der Waals surface area contributed by atoms with Crippen molar-refractivity contribution in [1.29, 1.82) is 0 Å². The predicted octanol–water partition coefficient (Wildman–Crippen LogP) is 2.83. The molecule has 0 aliphatic rings. The zero-order valence-corrected chi connectivity index (χ0v) is 10.1. The van der Waals surface area contributed by atoms with E-state index in [0.29, 0.717) is 0 Å². The van der Waals surface area contributed by atoms with Gasteiger partial charge >= 0.3 is 0 Å². The zero-order chi connectivity index (χ0) is 11.1. The molecule has 0 aromatic heterocycles. The average Bonchev–Trinajstić information content (AvgIpc) is 2.25. The molecule has 0 saturated heterocycles. The molecule has 80 valence electrons. The van der Waals surface area contributed by atoms with Crippen LogP contribution in [-0.4, -0.2) is 11.8 Å². The number of benzene rings is 1. The number of rotatable bonds is 4. The molecule has 15 heavy (non-hydrogen) atoms. The normalized spacial score (nSPS) is 11.7. The Hall–Kier alpha value is -0.910. The molecule has 0 fully saturated rings. The van der Waals surface area contributed by atoms with E-state index in [1.165, 1.54) is 10.5 Å². The van der Waals surface area contributed by atoms with Gasteiger partial charge in [0.15, 0.2) is 0 Å². The van der Waals surface area contributed by atoms with Gasteiger partial charge in [-0.05, 0) is 26.0 Å². The van der Waals surface area contributed by atoms with Crippen LogP contribution in [0.5, 0.6) is 0 Å². The van der Waals surface area contributed by atoms with Crippen LogP contribution in [0, 0.1) is 18.8 Å². The van der Waals surface area contributed by atoms with E-state index in [1.807, 2.05) is 6.92 Å². The molecule has 0 radical (unpaired) electrons. The van der Waals surface area contributed by atoms with Crippen molar-refractivity contribution in [2.45, 2.75) is 31.2 Å². The van der Waals surface area contributed by atoms with E-state index in [1.54, 1.807) is 11.8 Å². The molecule has 0 bridgehead atoms. The molecule has 0 heterocycles. The van der Waals surface area contributed by atoms with Crippen LogP contribution in [0.4, 0.5) is 0 Å². The minimum absolute atomic E-state index is 0.170. The zero-order valence-electron chi connectivity index (χ0n) is 9.29. The van der Waals surface area contributed by atoms with E-state index in [2.05, 4.69) is 43.0 Å². The van der Waals surface area contributed by atoms with Crippen LogP contribution in [0.15, 0.2) is 29.2 Å². The van der Waals surface area contributed by atoms with Crippen molar-refractivity contribution in [3.8, 4) is 11.8 Å². The van der Waals surface area contributed by atoms with Crippen LogP contribution < -0.4 is 5.73 Å². The van der Waals surface area contributed by atoms with Gasteiger partial charge in [-0.1, -0.05) is 17.7 Å². The minimum atomic E-state index is 0.170. The Labute approximate surface area is 96.4 Å². The molecule has 0 saturated carbocycles. The van der Waals surface area contributed by atoms with Gasteiger partial charge in [-0.15, -0.1) is 23.6 Å². The molecular weight excluding hydrogens is 202 g/mol. The summed E-state index contributed by atoms with van der Waals surface area (Å²) in [5, 5.41) is 0. The van der Waals surface area contributed by atoms with E-state index < -0.39 is 0 Å². The number of nitrogens with two attached hydrogens (primary N) is 1.